The summed E-state index contributed by atoms with van der Waals surface area (Å²) >= 11 is 0. The molecule has 0 aliphatic heterocycles. The number of phenols is 1. The number of hydrogen-bond acceptors (Lipinski definition) is 3. The SMILES string of the molecule is C[C@]12CCC3c4ccc(O)cc4CCC3C1CCC2(C#CCN=[N+]=[N-])N=[N+]=[N-]. The smallest absolute Gasteiger partial charge is 0.115 e. The Kier molecular flexibility index (Phi) is 4.63. The minimum Gasteiger partial charge on any atom is -0.508 e. The van der Waals surface area contributed by atoms with Crippen LogP contribution in [-0.4, -0.2) is 17.2 Å². The summed E-state index contributed by atoms with van der Waals surface area (Å²) in [6, 6.07) is 5.81. The first-order valence-corrected chi connectivity index (χ1v) is 9.93. The Morgan fingerprint density at radius 2 is 2.07 bits per heavy atom. The van der Waals surface area contributed by atoms with E-state index in [0.29, 0.717) is 23.5 Å². The molecule has 3 aliphatic carbocycles. The van der Waals surface area contributed by atoms with Gasteiger partial charge in [-0.3, -0.25) is 0 Å². The Morgan fingerprint density at radius 1 is 1.21 bits per heavy atom. The van der Waals surface area contributed by atoms with E-state index in [1.165, 1.54) is 11.1 Å². The van der Waals surface area contributed by atoms with E-state index in [-0.39, 0.29) is 12.0 Å². The highest BCUT2D eigenvalue weighted by Crippen LogP contribution is 2.65. The molecule has 2 fully saturated rings. The van der Waals surface area contributed by atoms with Crippen molar-refractivity contribution in [1.29, 1.82) is 0 Å². The number of aromatic hydroxyl groups is 1. The molecule has 1 aromatic rings. The molecule has 144 valence electrons. The van der Waals surface area contributed by atoms with Gasteiger partial charge < -0.3 is 5.11 Å². The summed E-state index contributed by atoms with van der Waals surface area (Å²) in [4.78, 5) is 5.92. The summed E-state index contributed by atoms with van der Waals surface area (Å²) in [5.41, 5.74) is 19.5. The lowest BCUT2D eigenvalue weighted by molar-refractivity contribution is 0.0329. The normalized spacial score (nSPS) is 35.1. The second-order valence-corrected chi connectivity index (χ2v) is 8.53. The van der Waals surface area contributed by atoms with Crippen LogP contribution in [0.4, 0.5) is 0 Å². The Morgan fingerprint density at radius 3 is 2.86 bits per heavy atom. The van der Waals surface area contributed by atoms with Crippen LogP contribution in [0.1, 0.15) is 56.1 Å². The topological polar surface area (TPSA) is 118 Å². The van der Waals surface area contributed by atoms with E-state index in [1.807, 2.05) is 6.07 Å². The predicted octanol–water partition coefficient (Wildman–Crippen LogP) is 5.61. The quantitative estimate of drug-likeness (QED) is 0.307. The Balaban J connectivity index is 1.69. The minimum atomic E-state index is -0.725. The van der Waals surface area contributed by atoms with Gasteiger partial charge in [0.05, 0.1) is 6.54 Å². The summed E-state index contributed by atoms with van der Waals surface area (Å²) in [5, 5.41) is 17.6. The van der Waals surface area contributed by atoms with Crippen LogP contribution in [0.2, 0.25) is 0 Å². The average Bonchev–Trinajstić information content (AvgIpc) is 2.98. The van der Waals surface area contributed by atoms with Gasteiger partial charge >= 0.3 is 0 Å². The van der Waals surface area contributed by atoms with Gasteiger partial charge in [-0.05, 0) is 96.0 Å². The molecule has 28 heavy (non-hydrogen) atoms. The second-order valence-electron chi connectivity index (χ2n) is 8.53. The maximum Gasteiger partial charge on any atom is 0.115 e. The van der Waals surface area contributed by atoms with Crippen molar-refractivity contribution < 1.29 is 5.11 Å². The van der Waals surface area contributed by atoms with E-state index in [9.17, 15) is 10.6 Å². The summed E-state index contributed by atoms with van der Waals surface area (Å²) < 4.78 is 0. The molecule has 4 unspecified atom stereocenters. The first-order chi connectivity index (χ1) is 13.5. The van der Waals surface area contributed by atoms with Crippen LogP contribution in [0.25, 0.3) is 20.9 Å². The molecule has 2 saturated carbocycles. The lowest BCUT2D eigenvalue weighted by atomic mass is 9.53. The van der Waals surface area contributed by atoms with E-state index >= 15 is 0 Å². The molecule has 4 rings (SSSR count). The molecule has 0 radical (unpaired) electrons. The number of phenolic OH excluding ortho intramolecular Hbond substituents is 1. The van der Waals surface area contributed by atoms with Gasteiger partial charge in [-0.1, -0.05) is 35.1 Å². The third kappa shape index (κ3) is 2.69. The van der Waals surface area contributed by atoms with Crippen LogP contribution < -0.4 is 0 Å². The molecule has 1 N–H and O–H groups in total. The maximum atomic E-state index is 9.83. The highest BCUT2D eigenvalue weighted by Gasteiger charge is 2.61. The zero-order chi connectivity index (χ0) is 19.8. The van der Waals surface area contributed by atoms with Crippen molar-refractivity contribution in [2.24, 2.45) is 27.5 Å². The fraction of sp³-hybridized carbons (Fsp3) is 0.619. The van der Waals surface area contributed by atoms with Crippen molar-refractivity contribution in [2.45, 2.75) is 56.9 Å². The van der Waals surface area contributed by atoms with Gasteiger partial charge in [0.25, 0.3) is 0 Å². The highest BCUT2D eigenvalue weighted by atomic mass is 16.3. The maximum absolute atomic E-state index is 9.83. The number of rotatable bonds is 2. The first-order valence-electron chi connectivity index (χ1n) is 9.93. The fourth-order valence-electron chi connectivity index (χ4n) is 6.31. The third-order valence-electron chi connectivity index (χ3n) is 7.59. The van der Waals surface area contributed by atoms with Crippen LogP contribution in [0, 0.1) is 29.1 Å². The number of fused-ring (bicyclic) bond motifs is 5. The lowest BCUT2D eigenvalue weighted by Gasteiger charge is -2.52. The summed E-state index contributed by atoms with van der Waals surface area (Å²) in [6.45, 7) is 2.34. The van der Waals surface area contributed by atoms with Gasteiger partial charge in [-0.15, -0.1) is 0 Å². The van der Waals surface area contributed by atoms with Gasteiger partial charge in [0.2, 0.25) is 0 Å². The van der Waals surface area contributed by atoms with Gasteiger partial charge in [0.1, 0.15) is 11.3 Å². The van der Waals surface area contributed by atoms with Gasteiger partial charge in [-0.25, -0.2) is 0 Å². The van der Waals surface area contributed by atoms with Crippen molar-refractivity contribution >= 4 is 0 Å². The summed E-state index contributed by atoms with van der Waals surface area (Å²) in [7, 11) is 0. The zero-order valence-corrected chi connectivity index (χ0v) is 16.0. The molecule has 0 bridgehead atoms. The molecule has 5 atom stereocenters. The molecule has 0 heterocycles. The molecular weight excluding hydrogens is 352 g/mol. The van der Waals surface area contributed by atoms with E-state index in [1.54, 1.807) is 6.07 Å². The predicted molar refractivity (Wildman–Crippen MR) is 106 cm³/mol. The third-order valence-corrected chi connectivity index (χ3v) is 7.59. The molecule has 7 heteroatoms. The average molecular weight is 376 g/mol. The molecule has 1 aromatic carbocycles. The van der Waals surface area contributed by atoms with Gasteiger partial charge in [-0.2, -0.15) is 0 Å². The Bertz CT molecular complexity index is 951. The molecule has 0 spiro atoms. The fourth-order valence-corrected chi connectivity index (χ4v) is 6.31. The van der Waals surface area contributed by atoms with Gasteiger partial charge in [0, 0.05) is 9.82 Å². The van der Waals surface area contributed by atoms with Crippen molar-refractivity contribution in [3.63, 3.8) is 0 Å². The minimum absolute atomic E-state index is 0.100. The first kappa shape index (κ1) is 18.6. The zero-order valence-electron chi connectivity index (χ0n) is 16.0. The monoisotopic (exact) mass is 376 g/mol. The number of nitrogens with zero attached hydrogens (tertiary/aromatic N) is 6. The summed E-state index contributed by atoms with van der Waals surface area (Å²) in [5.74, 6) is 8.01. The highest BCUT2D eigenvalue weighted by molar-refractivity contribution is 5.41. The van der Waals surface area contributed by atoms with Crippen molar-refractivity contribution in [3.05, 3.63) is 50.2 Å². The molecule has 3 aliphatic rings. The van der Waals surface area contributed by atoms with Crippen LogP contribution in [0.15, 0.2) is 28.4 Å². The largest absolute Gasteiger partial charge is 0.508 e. The number of benzene rings is 1. The van der Waals surface area contributed by atoms with Crippen molar-refractivity contribution in [2.75, 3.05) is 6.54 Å². The molecule has 0 saturated heterocycles. The van der Waals surface area contributed by atoms with E-state index in [2.05, 4.69) is 44.9 Å². The standard InChI is InChI=1S/C21H24N6O/c1-20-10-7-17-16-6-4-15(28)13-14(16)3-5-18(17)19(20)8-11-21(20,25-27-23)9-2-12-24-26-22/h4,6,13,17-19,28H,3,5,7-8,10-12H2,1H3/t17?,18?,19?,20-,21?/m0/s1. The number of hydrogen-bond donors (Lipinski definition) is 1. The van der Waals surface area contributed by atoms with Gasteiger partial charge in [0.15, 0.2) is 0 Å². The van der Waals surface area contributed by atoms with E-state index in [0.717, 1.165) is 38.5 Å². The van der Waals surface area contributed by atoms with E-state index in [4.69, 9.17) is 5.53 Å². The van der Waals surface area contributed by atoms with Crippen LogP contribution in [0.3, 0.4) is 0 Å². The molecular formula is C21H24N6O. The number of aryl methyl sites for hydroxylation is 1. The lowest BCUT2D eigenvalue weighted by Crippen LogP contribution is -2.49. The second kappa shape index (κ2) is 6.98. The molecule has 0 amide bonds. The van der Waals surface area contributed by atoms with Crippen LogP contribution in [-0.2, 0) is 6.42 Å². The van der Waals surface area contributed by atoms with Crippen LogP contribution >= 0.6 is 0 Å². The Labute approximate surface area is 164 Å². The number of azide groups is 2. The molecule has 7 nitrogen and oxygen atoms in total. The Hall–Kier alpha value is -2.80. The van der Waals surface area contributed by atoms with Crippen LogP contribution in [0.5, 0.6) is 5.75 Å². The molecule has 0 aromatic heterocycles. The summed E-state index contributed by atoms with van der Waals surface area (Å²) in [6.07, 6.45) is 5.83. The van der Waals surface area contributed by atoms with Crippen molar-refractivity contribution in [3.8, 4) is 17.6 Å². The van der Waals surface area contributed by atoms with Crippen molar-refractivity contribution in [1.82, 2.24) is 0 Å². The van der Waals surface area contributed by atoms with E-state index < -0.39 is 5.54 Å².